The summed E-state index contributed by atoms with van der Waals surface area (Å²) in [5.74, 6) is -3.53. The lowest BCUT2D eigenvalue weighted by molar-refractivity contribution is -0.115. The minimum absolute atomic E-state index is 0.0268. The number of ketones is 1. The second kappa shape index (κ2) is 9.15. The monoisotopic (exact) mass is 458 g/mol. The fourth-order valence-electron chi connectivity index (χ4n) is 3.04. The number of pyridine rings is 1. The molecule has 0 aliphatic carbocycles. The number of carbonyl (C=O) groups is 3. The van der Waals surface area contributed by atoms with Gasteiger partial charge in [-0.25, -0.2) is 9.67 Å². The Balaban J connectivity index is 1.89. The number of anilines is 2. The topological polar surface area (TPSA) is 146 Å². The van der Waals surface area contributed by atoms with Gasteiger partial charge in [-0.1, -0.05) is 23.7 Å². The van der Waals surface area contributed by atoms with Crippen molar-refractivity contribution in [1.82, 2.24) is 14.8 Å². The van der Waals surface area contributed by atoms with Crippen LogP contribution in [-0.4, -0.2) is 32.4 Å². The van der Waals surface area contributed by atoms with E-state index < -0.39 is 34.8 Å². The number of nitrogens with one attached hydrogen (secondary N) is 1. The van der Waals surface area contributed by atoms with Crippen molar-refractivity contribution < 1.29 is 18.8 Å². The molecule has 1 aromatic carbocycles. The molecule has 5 N–H and O–H groups in total. The number of nitrogens with zero attached hydrogens (tertiary/aromatic N) is 3. The van der Waals surface area contributed by atoms with Gasteiger partial charge in [0.15, 0.2) is 0 Å². The van der Waals surface area contributed by atoms with Crippen LogP contribution in [0, 0.1) is 5.95 Å². The summed E-state index contributed by atoms with van der Waals surface area (Å²) in [4.78, 5) is 40.7. The maximum Gasteiger partial charge on any atom is 0.254 e. The van der Waals surface area contributed by atoms with Crippen molar-refractivity contribution in [2.24, 2.45) is 5.73 Å². The van der Waals surface area contributed by atoms with Crippen LogP contribution in [0.3, 0.4) is 0 Å². The quantitative estimate of drug-likeness (QED) is 0.366. The number of nitrogens with two attached hydrogens (primary N) is 2. The average Bonchev–Trinajstić information content (AvgIpc) is 3.08. The highest BCUT2D eigenvalue weighted by Gasteiger charge is 2.29. The number of nitrogen functional groups attached to an aromatic ring is 1. The highest BCUT2D eigenvalue weighted by atomic mass is 35.5. The molecule has 0 aliphatic heterocycles. The van der Waals surface area contributed by atoms with Crippen LogP contribution in [0.1, 0.15) is 51.9 Å². The number of carbonyl (C=O) groups excluding carboxylic acids is 3. The van der Waals surface area contributed by atoms with Crippen LogP contribution < -0.4 is 16.8 Å². The first-order valence-electron chi connectivity index (χ1n) is 9.50. The Labute approximate surface area is 187 Å². The van der Waals surface area contributed by atoms with Gasteiger partial charge in [0.1, 0.15) is 17.1 Å². The third-order valence-corrected chi connectivity index (χ3v) is 4.80. The van der Waals surface area contributed by atoms with E-state index >= 15 is 0 Å². The smallest absolute Gasteiger partial charge is 0.254 e. The number of rotatable bonds is 7. The standard InChI is InChI=1S/C21H20ClFN6O3/c1-10(2)29-20(24)16(21(25)32)17(28-29)18(31)14-8-13(9-26-19(14)23)27-15(30)7-11-3-5-12(22)6-4-11/h3-6,8-10H,7,24H2,1-2H3,(H2,25,32)(H,27,30). The zero-order valence-corrected chi connectivity index (χ0v) is 18.0. The van der Waals surface area contributed by atoms with E-state index in [9.17, 15) is 18.8 Å². The first-order valence-corrected chi connectivity index (χ1v) is 9.88. The van der Waals surface area contributed by atoms with Crippen LogP contribution in [0.15, 0.2) is 36.5 Å². The van der Waals surface area contributed by atoms with Crippen molar-refractivity contribution >= 4 is 40.7 Å². The summed E-state index contributed by atoms with van der Waals surface area (Å²) < 4.78 is 15.6. The number of amides is 2. The minimum Gasteiger partial charge on any atom is -0.383 e. The van der Waals surface area contributed by atoms with Crippen molar-refractivity contribution in [2.45, 2.75) is 26.3 Å². The highest BCUT2D eigenvalue weighted by Crippen LogP contribution is 2.24. The zero-order chi connectivity index (χ0) is 23.6. The molecular weight excluding hydrogens is 439 g/mol. The molecule has 2 amide bonds. The van der Waals surface area contributed by atoms with Crippen molar-refractivity contribution in [3.8, 4) is 0 Å². The van der Waals surface area contributed by atoms with E-state index in [1.807, 2.05) is 0 Å². The van der Waals surface area contributed by atoms with Gasteiger partial charge in [0, 0.05) is 11.1 Å². The van der Waals surface area contributed by atoms with Gasteiger partial charge >= 0.3 is 0 Å². The Morgan fingerprint density at radius 2 is 1.88 bits per heavy atom. The summed E-state index contributed by atoms with van der Waals surface area (Å²) in [5.41, 5.74) is 10.9. The van der Waals surface area contributed by atoms with Gasteiger partial charge in [0.05, 0.1) is 23.9 Å². The summed E-state index contributed by atoms with van der Waals surface area (Å²) in [6, 6.07) is 7.52. The number of halogens is 2. The maximum absolute atomic E-state index is 14.4. The van der Waals surface area contributed by atoms with Crippen LogP contribution in [0.2, 0.25) is 5.02 Å². The van der Waals surface area contributed by atoms with E-state index in [1.54, 1.807) is 38.1 Å². The van der Waals surface area contributed by atoms with Crippen LogP contribution >= 0.6 is 11.6 Å². The van der Waals surface area contributed by atoms with Gasteiger partial charge in [0.2, 0.25) is 17.6 Å². The van der Waals surface area contributed by atoms with Crippen LogP contribution in [-0.2, 0) is 11.2 Å². The number of aromatic nitrogens is 3. The third kappa shape index (κ3) is 4.75. The predicted octanol–water partition coefficient (Wildman–Crippen LogP) is 2.74. The molecule has 0 bridgehead atoms. The number of primary amides is 1. The van der Waals surface area contributed by atoms with Gasteiger partial charge in [-0.2, -0.15) is 9.49 Å². The Morgan fingerprint density at radius 3 is 2.47 bits per heavy atom. The molecule has 0 fully saturated rings. The number of hydrogen-bond donors (Lipinski definition) is 3. The first kappa shape index (κ1) is 22.9. The Hall–Kier alpha value is -3.79. The fraction of sp³-hybridized carbons (Fsp3) is 0.190. The molecule has 9 nitrogen and oxygen atoms in total. The Kier molecular flexibility index (Phi) is 6.54. The molecule has 0 atom stereocenters. The summed E-state index contributed by atoms with van der Waals surface area (Å²) >= 11 is 5.83. The summed E-state index contributed by atoms with van der Waals surface area (Å²) in [6.07, 6.45) is 1.10. The SMILES string of the molecule is CC(C)n1nc(C(=O)c2cc(NC(=O)Cc3ccc(Cl)cc3)cnc2F)c(C(N)=O)c1N. The number of hydrogen-bond acceptors (Lipinski definition) is 6. The molecule has 0 aliphatic rings. The van der Waals surface area contributed by atoms with Gasteiger partial charge in [-0.05, 0) is 37.6 Å². The molecule has 166 valence electrons. The lowest BCUT2D eigenvalue weighted by atomic mass is 10.1. The van der Waals surface area contributed by atoms with Gasteiger partial charge < -0.3 is 16.8 Å². The zero-order valence-electron chi connectivity index (χ0n) is 17.2. The van der Waals surface area contributed by atoms with E-state index in [0.29, 0.717) is 10.6 Å². The van der Waals surface area contributed by atoms with E-state index in [4.69, 9.17) is 23.1 Å². The third-order valence-electron chi connectivity index (χ3n) is 4.54. The van der Waals surface area contributed by atoms with Crippen molar-refractivity contribution in [3.05, 3.63) is 69.9 Å². The molecule has 0 spiro atoms. The molecule has 3 rings (SSSR count). The maximum atomic E-state index is 14.4. The van der Waals surface area contributed by atoms with E-state index in [1.165, 1.54) is 4.68 Å². The minimum atomic E-state index is -1.10. The fourth-order valence-corrected chi connectivity index (χ4v) is 3.17. The Morgan fingerprint density at radius 1 is 1.22 bits per heavy atom. The summed E-state index contributed by atoms with van der Waals surface area (Å²) in [5, 5.41) is 7.14. The second-order valence-electron chi connectivity index (χ2n) is 7.25. The largest absolute Gasteiger partial charge is 0.383 e. The second-order valence-corrected chi connectivity index (χ2v) is 7.69. The molecule has 32 heavy (non-hydrogen) atoms. The molecular formula is C21H20ClFN6O3. The molecule has 11 heteroatoms. The molecule has 0 saturated heterocycles. The summed E-state index contributed by atoms with van der Waals surface area (Å²) in [7, 11) is 0. The van der Waals surface area contributed by atoms with E-state index in [-0.39, 0.29) is 29.5 Å². The van der Waals surface area contributed by atoms with E-state index in [0.717, 1.165) is 12.3 Å². The van der Waals surface area contributed by atoms with Gasteiger partial charge in [0.25, 0.3) is 5.91 Å². The number of benzene rings is 1. The normalized spacial score (nSPS) is 10.9. The predicted molar refractivity (Wildman–Crippen MR) is 117 cm³/mol. The van der Waals surface area contributed by atoms with Crippen molar-refractivity contribution in [2.75, 3.05) is 11.1 Å². The molecule has 0 unspecified atom stereocenters. The van der Waals surface area contributed by atoms with Crippen LogP contribution in [0.5, 0.6) is 0 Å². The average molecular weight is 459 g/mol. The van der Waals surface area contributed by atoms with Gasteiger partial charge in [-0.3, -0.25) is 14.4 Å². The highest BCUT2D eigenvalue weighted by molar-refractivity contribution is 6.30. The van der Waals surface area contributed by atoms with E-state index in [2.05, 4.69) is 15.4 Å². The molecule has 0 radical (unpaired) electrons. The molecule has 2 heterocycles. The van der Waals surface area contributed by atoms with Crippen LogP contribution in [0.25, 0.3) is 0 Å². The van der Waals surface area contributed by atoms with Crippen molar-refractivity contribution in [3.63, 3.8) is 0 Å². The molecule has 2 aromatic heterocycles. The Bertz CT molecular complexity index is 1210. The summed E-state index contributed by atoms with van der Waals surface area (Å²) in [6.45, 7) is 3.47. The molecule has 3 aromatic rings. The van der Waals surface area contributed by atoms with Crippen LogP contribution in [0.4, 0.5) is 15.9 Å². The lowest BCUT2D eigenvalue weighted by Crippen LogP contribution is -2.19. The first-order chi connectivity index (χ1) is 15.1. The van der Waals surface area contributed by atoms with Crippen molar-refractivity contribution in [1.29, 1.82) is 0 Å². The molecule has 0 saturated carbocycles. The van der Waals surface area contributed by atoms with Gasteiger partial charge in [-0.15, -0.1) is 0 Å². The lowest BCUT2D eigenvalue weighted by Gasteiger charge is -2.08.